The lowest BCUT2D eigenvalue weighted by Crippen LogP contribution is -2.34. The van der Waals surface area contributed by atoms with Crippen molar-refractivity contribution in [3.63, 3.8) is 0 Å². The molecule has 0 atom stereocenters. The van der Waals surface area contributed by atoms with Gasteiger partial charge in [-0.2, -0.15) is 0 Å². The van der Waals surface area contributed by atoms with Crippen molar-refractivity contribution in [2.24, 2.45) is 5.92 Å². The topological polar surface area (TPSA) is 37.8 Å². The first-order valence-corrected chi connectivity index (χ1v) is 5.22. The Hall–Kier alpha value is -1.12. The molecule has 3 nitrogen and oxygen atoms in total. The molecule has 1 heterocycles. The van der Waals surface area contributed by atoms with E-state index >= 15 is 0 Å². The minimum atomic E-state index is 0.624. The fourth-order valence-corrected chi connectivity index (χ4v) is 2.02. The maximum Gasteiger partial charge on any atom is 0.130 e. The van der Waals surface area contributed by atoms with Crippen molar-refractivity contribution in [3.05, 3.63) is 17.6 Å². The van der Waals surface area contributed by atoms with Gasteiger partial charge in [0.25, 0.3) is 0 Å². The first-order valence-electron chi connectivity index (χ1n) is 5.22. The average Bonchev–Trinajstić information content (AvgIpc) is 1.99. The van der Waals surface area contributed by atoms with Crippen LogP contribution in [0.3, 0.4) is 0 Å². The molecule has 2 rings (SSSR count). The Morgan fingerprint density at radius 3 is 2.57 bits per heavy atom. The van der Waals surface area contributed by atoms with Crippen LogP contribution in [-0.4, -0.2) is 16.0 Å². The summed E-state index contributed by atoms with van der Waals surface area (Å²) >= 11 is 0. The van der Waals surface area contributed by atoms with Gasteiger partial charge in [-0.3, -0.25) is 0 Å². The third-order valence-corrected chi connectivity index (χ3v) is 2.69. The highest BCUT2D eigenvalue weighted by atomic mass is 15.1. The summed E-state index contributed by atoms with van der Waals surface area (Å²) in [6.45, 7) is 6.22. The SMILES string of the molecule is Cc1cc(NC2CC(C)C2)nc(C)n1. The van der Waals surface area contributed by atoms with Crippen LogP contribution >= 0.6 is 0 Å². The molecule has 0 bridgehead atoms. The lowest BCUT2D eigenvalue weighted by atomic mass is 9.82. The predicted octanol–water partition coefficient (Wildman–Crippen LogP) is 2.30. The van der Waals surface area contributed by atoms with Crippen molar-refractivity contribution in [3.8, 4) is 0 Å². The largest absolute Gasteiger partial charge is 0.367 e. The number of nitrogens with one attached hydrogen (secondary N) is 1. The molecule has 14 heavy (non-hydrogen) atoms. The minimum Gasteiger partial charge on any atom is -0.367 e. The molecule has 1 N–H and O–H groups in total. The van der Waals surface area contributed by atoms with Gasteiger partial charge in [0.1, 0.15) is 11.6 Å². The lowest BCUT2D eigenvalue weighted by Gasteiger charge is -2.33. The highest BCUT2D eigenvalue weighted by molar-refractivity contribution is 5.37. The Labute approximate surface area is 85.0 Å². The van der Waals surface area contributed by atoms with Crippen LogP contribution < -0.4 is 5.32 Å². The minimum absolute atomic E-state index is 0.624. The van der Waals surface area contributed by atoms with Crippen LogP contribution in [0.2, 0.25) is 0 Å². The summed E-state index contributed by atoms with van der Waals surface area (Å²) in [4.78, 5) is 8.61. The van der Waals surface area contributed by atoms with Crippen molar-refractivity contribution in [1.82, 2.24) is 9.97 Å². The Bertz CT molecular complexity index is 309. The molecule has 1 aromatic heterocycles. The average molecular weight is 191 g/mol. The molecule has 1 aliphatic rings. The molecule has 76 valence electrons. The molecule has 0 spiro atoms. The number of aryl methyl sites for hydroxylation is 2. The summed E-state index contributed by atoms with van der Waals surface area (Å²) in [5.74, 6) is 2.70. The standard InChI is InChI=1S/C11H17N3/c1-7-4-10(5-7)14-11-6-8(2)12-9(3)13-11/h6-7,10H,4-5H2,1-3H3,(H,12,13,14). The number of rotatable bonds is 2. The number of hydrogen-bond donors (Lipinski definition) is 1. The molecule has 3 heteroatoms. The van der Waals surface area contributed by atoms with Crippen LogP contribution in [0.25, 0.3) is 0 Å². The Morgan fingerprint density at radius 2 is 2.00 bits per heavy atom. The van der Waals surface area contributed by atoms with E-state index < -0.39 is 0 Å². The van der Waals surface area contributed by atoms with Crippen LogP contribution in [0.5, 0.6) is 0 Å². The molecule has 0 aliphatic heterocycles. The molecule has 1 fully saturated rings. The molecule has 0 saturated heterocycles. The van der Waals surface area contributed by atoms with Crippen molar-refractivity contribution in [2.75, 3.05) is 5.32 Å². The van der Waals surface area contributed by atoms with Gasteiger partial charge in [0.15, 0.2) is 0 Å². The summed E-state index contributed by atoms with van der Waals surface area (Å²) in [7, 11) is 0. The lowest BCUT2D eigenvalue weighted by molar-refractivity contribution is 0.308. The van der Waals surface area contributed by atoms with E-state index in [1.807, 2.05) is 19.9 Å². The highest BCUT2D eigenvalue weighted by Gasteiger charge is 2.25. The van der Waals surface area contributed by atoms with Crippen LogP contribution in [-0.2, 0) is 0 Å². The number of aromatic nitrogens is 2. The molecule has 0 radical (unpaired) electrons. The first-order chi connectivity index (χ1) is 6.63. The van der Waals surface area contributed by atoms with E-state index in [2.05, 4.69) is 22.2 Å². The maximum atomic E-state index is 4.36. The van der Waals surface area contributed by atoms with E-state index in [1.54, 1.807) is 0 Å². The van der Waals surface area contributed by atoms with Crippen molar-refractivity contribution in [2.45, 2.75) is 39.7 Å². The molecule has 0 amide bonds. The second-order valence-electron chi connectivity index (χ2n) is 4.36. The summed E-state index contributed by atoms with van der Waals surface area (Å²) in [6, 6.07) is 2.63. The van der Waals surface area contributed by atoms with Gasteiger partial charge in [0, 0.05) is 17.8 Å². The van der Waals surface area contributed by atoms with Crippen LogP contribution in [0, 0.1) is 19.8 Å². The molecule has 1 aromatic rings. The second-order valence-corrected chi connectivity index (χ2v) is 4.36. The van der Waals surface area contributed by atoms with Gasteiger partial charge < -0.3 is 5.32 Å². The Kier molecular flexibility index (Phi) is 2.40. The fourth-order valence-electron chi connectivity index (χ4n) is 2.02. The maximum absolute atomic E-state index is 4.36. The van der Waals surface area contributed by atoms with E-state index in [0.717, 1.165) is 23.3 Å². The van der Waals surface area contributed by atoms with Gasteiger partial charge in [0.05, 0.1) is 0 Å². The monoisotopic (exact) mass is 191 g/mol. The molecular formula is C11H17N3. The van der Waals surface area contributed by atoms with Gasteiger partial charge in [-0.25, -0.2) is 9.97 Å². The number of anilines is 1. The summed E-state index contributed by atoms with van der Waals surface area (Å²) in [5.41, 5.74) is 1.03. The normalized spacial score (nSPS) is 25.6. The van der Waals surface area contributed by atoms with Crippen LogP contribution in [0.1, 0.15) is 31.3 Å². The zero-order valence-corrected chi connectivity index (χ0v) is 9.04. The van der Waals surface area contributed by atoms with E-state index in [1.165, 1.54) is 12.8 Å². The summed E-state index contributed by atoms with van der Waals surface area (Å²) in [5, 5.41) is 3.44. The van der Waals surface area contributed by atoms with Crippen LogP contribution in [0.4, 0.5) is 5.82 Å². The van der Waals surface area contributed by atoms with Crippen LogP contribution in [0.15, 0.2) is 6.07 Å². The molecule has 0 aromatic carbocycles. The third kappa shape index (κ3) is 2.03. The number of nitrogens with zero attached hydrogens (tertiary/aromatic N) is 2. The summed E-state index contributed by atoms with van der Waals surface area (Å²) < 4.78 is 0. The van der Waals surface area contributed by atoms with Crippen molar-refractivity contribution >= 4 is 5.82 Å². The first kappa shape index (κ1) is 9.44. The molecule has 1 saturated carbocycles. The second kappa shape index (κ2) is 3.56. The van der Waals surface area contributed by atoms with E-state index in [4.69, 9.17) is 0 Å². The van der Waals surface area contributed by atoms with Crippen molar-refractivity contribution < 1.29 is 0 Å². The zero-order chi connectivity index (χ0) is 10.1. The third-order valence-electron chi connectivity index (χ3n) is 2.69. The van der Waals surface area contributed by atoms with E-state index in [9.17, 15) is 0 Å². The van der Waals surface area contributed by atoms with Gasteiger partial charge in [-0.05, 0) is 32.6 Å². The molecular weight excluding hydrogens is 174 g/mol. The van der Waals surface area contributed by atoms with Gasteiger partial charge in [-0.15, -0.1) is 0 Å². The fraction of sp³-hybridized carbons (Fsp3) is 0.636. The van der Waals surface area contributed by atoms with Gasteiger partial charge in [0.2, 0.25) is 0 Å². The number of hydrogen-bond acceptors (Lipinski definition) is 3. The predicted molar refractivity (Wildman–Crippen MR) is 57.3 cm³/mol. The van der Waals surface area contributed by atoms with Crippen molar-refractivity contribution in [1.29, 1.82) is 0 Å². The summed E-state index contributed by atoms with van der Waals surface area (Å²) in [6.07, 6.45) is 2.53. The van der Waals surface area contributed by atoms with Gasteiger partial charge >= 0.3 is 0 Å². The van der Waals surface area contributed by atoms with E-state index in [0.29, 0.717) is 6.04 Å². The quantitative estimate of drug-likeness (QED) is 0.779. The Balaban J connectivity index is 2.02. The highest BCUT2D eigenvalue weighted by Crippen LogP contribution is 2.28. The molecule has 0 unspecified atom stereocenters. The van der Waals surface area contributed by atoms with Gasteiger partial charge in [-0.1, -0.05) is 6.92 Å². The Morgan fingerprint density at radius 1 is 1.29 bits per heavy atom. The van der Waals surface area contributed by atoms with E-state index in [-0.39, 0.29) is 0 Å². The zero-order valence-electron chi connectivity index (χ0n) is 9.04. The smallest absolute Gasteiger partial charge is 0.130 e. The molecule has 1 aliphatic carbocycles.